The van der Waals surface area contributed by atoms with Crippen LogP contribution >= 0.6 is 27.3 Å². The van der Waals surface area contributed by atoms with Crippen molar-refractivity contribution in [1.82, 2.24) is 5.32 Å². The van der Waals surface area contributed by atoms with Gasteiger partial charge in [0.05, 0.1) is 3.79 Å². The quantitative estimate of drug-likeness (QED) is 0.874. The van der Waals surface area contributed by atoms with Gasteiger partial charge >= 0.3 is 0 Å². The lowest BCUT2D eigenvalue weighted by Gasteiger charge is -2.33. The molecule has 0 radical (unpaired) electrons. The molecule has 4 heteroatoms. The van der Waals surface area contributed by atoms with E-state index in [4.69, 9.17) is 5.73 Å². The lowest BCUT2D eigenvalue weighted by atomic mass is 9.80. The van der Waals surface area contributed by atoms with Crippen LogP contribution in [0, 0.1) is 5.41 Å². The van der Waals surface area contributed by atoms with Crippen molar-refractivity contribution in [3.8, 4) is 0 Å². The summed E-state index contributed by atoms with van der Waals surface area (Å²) in [6.45, 7) is 5.25. The summed E-state index contributed by atoms with van der Waals surface area (Å²) in [6.07, 6.45) is 1.02. The molecule has 0 saturated carbocycles. The van der Waals surface area contributed by atoms with Gasteiger partial charge in [-0.3, -0.25) is 0 Å². The van der Waals surface area contributed by atoms with Crippen molar-refractivity contribution in [2.24, 2.45) is 11.1 Å². The summed E-state index contributed by atoms with van der Waals surface area (Å²) in [7, 11) is 2.01. The lowest BCUT2D eigenvalue weighted by molar-refractivity contribution is 0.242. The van der Waals surface area contributed by atoms with Crippen molar-refractivity contribution < 1.29 is 0 Å². The van der Waals surface area contributed by atoms with Gasteiger partial charge < -0.3 is 11.1 Å². The van der Waals surface area contributed by atoms with Crippen molar-refractivity contribution in [2.45, 2.75) is 26.3 Å². The summed E-state index contributed by atoms with van der Waals surface area (Å²) >= 11 is 5.29. The Morgan fingerprint density at radius 1 is 1.53 bits per heavy atom. The van der Waals surface area contributed by atoms with E-state index in [0.29, 0.717) is 6.04 Å². The maximum atomic E-state index is 5.66. The molecule has 0 fully saturated rings. The monoisotopic (exact) mass is 290 g/mol. The minimum absolute atomic E-state index is 0.188. The molecule has 15 heavy (non-hydrogen) atoms. The summed E-state index contributed by atoms with van der Waals surface area (Å²) in [5.74, 6) is 0. The first-order valence-electron chi connectivity index (χ1n) is 5.14. The summed E-state index contributed by atoms with van der Waals surface area (Å²) in [5, 5.41) is 3.39. The standard InChI is InChI=1S/C11H19BrN2S/c1-11(2,6-7-13)10(14-3)8-4-5-9(12)15-8/h4-5,10,14H,6-7,13H2,1-3H3. The fraction of sp³-hybridized carbons (Fsp3) is 0.636. The third kappa shape index (κ3) is 3.28. The van der Waals surface area contributed by atoms with Crippen molar-refractivity contribution in [1.29, 1.82) is 0 Å². The van der Waals surface area contributed by atoms with E-state index in [2.05, 4.69) is 47.2 Å². The van der Waals surface area contributed by atoms with E-state index in [9.17, 15) is 0 Å². The Morgan fingerprint density at radius 2 is 2.20 bits per heavy atom. The smallest absolute Gasteiger partial charge is 0.0701 e. The highest BCUT2D eigenvalue weighted by Crippen LogP contribution is 2.39. The van der Waals surface area contributed by atoms with Gasteiger partial charge in [-0.1, -0.05) is 13.8 Å². The first-order valence-corrected chi connectivity index (χ1v) is 6.75. The van der Waals surface area contributed by atoms with E-state index in [1.807, 2.05) is 7.05 Å². The molecule has 1 aromatic heterocycles. The number of hydrogen-bond acceptors (Lipinski definition) is 3. The topological polar surface area (TPSA) is 38.0 Å². The molecule has 1 heterocycles. The first kappa shape index (κ1) is 13.2. The maximum Gasteiger partial charge on any atom is 0.0701 e. The van der Waals surface area contributed by atoms with Gasteiger partial charge in [-0.25, -0.2) is 0 Å². The second-order valence-electron chi connectivity index (χ2n) is 4.39. The molecule has 0 saturated heterocycles. The van der Waals surface area contributed by atoms with E-state index >= 15 is 0 Å². The molecule has 2 nitrogen and oxygen atoms in total. The summed E-state index contributed by atoms with van der Waals surface area (Å²) < 4.78 is 1.18. The van der Waals surface area contributed by atoms with Crippen LogP contribution < -0.4 is 11.1 Å². The number of thiophene rings is 1. The fourth-order valence-electron chi connectivity index (χ4n) is 1.92. The third-order valence-electron chi connectivity index (χ3n) is 2.74. The van der Waals surface area contributed by atoms with Crippen molar-refractivity contribution in [3.63, 3.8) is 0 Å². The zero-order valence-corrected chi connectivity index (χ0v) is 11.9. The zero-order chi connectivity index (χ0) is 11.5. The molecule has 0 aliphatic heterocycles. The third-order valence-corrected chi connectivity index (χ3v) is 4.43. The van der Waals surface area contributed by atoms with Crippen LogP contribution in [-0.4, -0.2) is 13.6 Å². The van der Waals surface area contributed by atoms with Crippen molar-refractivity contribution in [2.75, 3.05) is 13.6 Å². The second-order valence-corrected chi connectivity index (χ2v) is 6.89. The van der Waals surface area contributed by atoms with E-state index < -0.39 is 0 Å². The van der Waals surface area contributed by atoms with Crippen LogP contribution in [0.4, 0.5) is 0 Å². The van der Waals surface area contributed by atoms with Crippen LogP contribution in [0.25, 0.3) is 0 Å². The lowest BCUT2D eigenvalue weighted by Crippen LogP contribution is -2.33. The molecule has 0 amide bonds. The Hall–Kier alpha value is 0.1000. The number of rotatable bonds is 5. The van der Waals surface area contributed by atoms with Crippen LogP contribution in [0.5, 0.6) is 0 Å². The van der Waals surface area contributed by atoms with Crippen molar-refractivity contribution >= 4 is 27.3 Å². The van der Waals surface area contributed by atoms with E-state index in [1.165, 1.54) is 8.66 Å². The molecule has 0 aliphatic carbocycles. The number of nitrogens with two attached hydrogens (primary N) is 1. The Bertz CT molecular complexity index is 309. The highest BCUT2D eigenvalue weighted by molar-refractivity contribution is 9.11. The number of hydrogen-bond donors (Lipinski definition) is 2. The molecule has 0 bridgehead atoms. The first-order chi connectivity index (χ1) is 7.01. The molecule has 1 rings (SSSR count). The Balaban J connectivity index is 2.88. The molecule has 3 N–H and O–H groups in total. The van der Waals surface area contributed by atoms with Gasteiger partial charge in [0.2, 0.25) is 0 Å². The van der Waals surface area contributed by atoms with Crippen LogP contribution in [0.3, 0.4) is 0 Å². The molecular weight excluding hydrogens is 272 g/mol. The Labute approximate surface area is 104 Å². The van der Waals surface area contributed by atoms with Gasteiger partial charge in [0.1, 0.15) is 0 Å². The highest BCUT2D eigenvalue weighted by atomic mass is 79.9. The van der Waals surface area contributed by atoms with Gasteiger partial charge in [0.25, 0.3) is 0 Å². The normalized spacial score (nSPS) is 14.2. The van der Waals surface area contributed by atoms with Gasteiger partial charge in [-0.2, -0.15) is 0 Å². The Morgan fingerprint density at radius 3 is 2.60 bits per heavy atom. The molecule has 0 spiro atoms. The predicted molar refractivity (Wildman–Crippen MR) is 71.3 cm³/mol. The second kappa shape index (κ2) is 5.43. The zero-order valence-electron chi connectivity index (χ0n) is 9.51. The van der Waals surface area contributed by atoms with Crippen LogP contribution in [0.1, 0.15) is 31.2 Å². The van der Waals surface area contributed by atoms with Gasteiger partial charge in [0, 0.05) is 10.9 Å². The van der Waals surface area contributed by atoms with Crippen LogP contribution in [0.2, 0.25) is 0 Å². The summed E-state index contributed by atoms with van der Waals surface area (Å²) in [5.41, 5.74) is 5.85. The molecule has 0 aromatic carbocycles. The molecule has 1 atom stereocenters. The minimum atomic E-state index is 0.188. The average Bonchev–Trinajstić information content (AvgIpc) is 2.52. The van der Waals surface area contributed by atoms with E-state index in [1.54, 1.807) is 11.3 Å². The highest BCUT2D eigenvalue weighted by Gasteiger charge is 2.29. The van der Waals surface area contributed by atoms with Crippen LogP contribution in [0.15, 0.2) is 15.9 Å². The van der Waals surface area contributed by atoms with Gasteiger partial charge in [-0.15, -0.1) is 11.3 Å². The molecule has 86 valence electrons. The van der Waals surface area contributed by atoms with Gasteiger partial charge in [-0.05, 0) is 53.5 Å². The molecule has 1 aromatic rings. The van der Waals surface area contributed by atoms with E-state index in [0.717, 1.165) is 13.0 Å². The van der Waals surface area contributed by atoms with E-state index in [-0.39, 0.29) is 5.41 Å². The van der Waals surface area contributed by atoms with Crippen LogP contribution in [-0.2, 0) is 0 Å². The predicted octanol–water partition coefficient (Wildman–Crippen LogP) is 3.15. The SMILES string of the molecule is CNC(c1ccc(Br)s1)C(C)(C)CCN. The minimum Gasteiger partial charge on any atom is -0.330 e. The number of nitrogens with one attached hydrogen (secondary N) is 1. The number of halogens is 1. The summed E-state index contributed by atoms with van der Waals surface area (Å²) in [4.78, 5) is 1.36. The molecular formula is C11H19BrN2S. The molecule has 1 unspecified atom stereocenters. The largest absolute Gasteiger partial charge is 0.330 e. The fourth-order valence-corrected chi connectivity index (χ4v) is 3.66. The Kier molecular flexibility index (Phi) is 4.77. The maximum absolute atomic E-state index is 5.66. The van der Waals surface area contributed by atoms with Gasteiger partial charge in [0.15, 0.2) is 0 Å². The molecule has 0 aliphatic rings. The summed E-state index contributed by atoms with van der Waals surface area (Å²) in [6, 6.07) is 4.65. The average molecular weight is 291 g/mol. The van der Waals surface area contributed by atoms with Crippen molar-refractivity contribution in [3.05, 3.63) is 20.8 Å².